The molecule has 0 saturated carbocycles. The van der Waals surface area contributed by atoms with Crippen LogP contribution in [0.3, 0.4) is 0 Å². The van der Waals surface area contributed by atoms with Crippen molar-refractivity contribution in [3.05, 3.63) is 144 Å². The summed E-state index contributed by atoms with van der Waals surface area (Å²) in [6, 6.07) is 43.1. The lowest BCUT2D eigenvalue weighted by Gasteiger charge is -2.21. The van der Waals surface area contributed by atoms with Gasteiger partial charge in [0.05, 0.1) is 21.3 Å². The number of carbonyl (C=O) groups excluding carboxylic acids is 1. The minimum absolute atomic E-state index is 0.0645. The Hall–Kier alpha value is -5.32. The highest BCUT2D eigenvalue weighted by Gasteiger charge is 2.36. The highest BCUT2D eigenvalue weighted by molar-refractivity contribution is 7.21. The zero-order valence-corrected chi connectivity index (χ0v) is 25.6. The lowest BCUT2D eigenvalue weighted by atomic mass is 9.82. The molecule has 2 heterocycles. The van der Waals surface area contributed by atoms with E-state index in [1.807, 2.05) is 30.3 Å². The first-order valence-electron chi connectivity index (χ1n) is 15.3. The van der Waals surface area contributed by atoms with Crippen molar-refractivity contribution in [1.82, 2.24) is 9.55 Å². The molecule has 0 fully saturated rings. The largest absolute Gasteiger partial charge is 0.309 e. The number of thiazole rings is 1. The maximum Gasteiger partial charge on any atom is 0.194 e. The predicted octanol–water partition coefficient (Wildman–Crippen LogP) is 10.6. The number of nitrogens with zero attached hydrogens (tertiary/aromatic N) is 2. The van der Waals surface area contributed by atoms with E-state index >= 15 is 0 Å². The maximum absolute atomic E-state index is 13.1. The van der Waals surface area contributed by atoms with Gasteiger partial charge < -0.3 is 4.57 Å². The summed E-state index contributed by atoms with van der Waals surface area (Å²) in [5.74, 6) is 0.103. The Morgan fingerprint density at radius 2 is 1.33 bits per heavy atom. The zero-order chi connectivity index (χ0) is 30.0. The van der Waals surface area contributed by atoms with Gasteiger partial charge in [0.1, 0.15) is 5.01 Å². The molecule has 0 aliphatic heterocycles. The second kappa shape index (κ2) is 8.65. The van der Waals surface area contributed by atoms with Crippen molar-refractivity contribution in [3.63, 3.8) is 0 Å². The first kappa shape index (κ1) is 25.1. The van der Waals surface area contributed by atoms with Gasteiger partial charge in [-0.1, -0.05) is 80.6 Å². The van der Waals surface area contributed by atoms with Crippen LogP contribution < -0.4 is 0 Å². The van der Waals surface area contributed by atoms with Crippen LogP contribution in [0.1, 0.15) is 40.9 Å². The second-order valence-electron chi connectivity index (χ2n) is 12.7. The number of ketones is 1. The van der Waals surface area contributed by atoms with Crippen molar-refractivity contribution in [2.75, 3.05) is 0 Å². The molecule has 0 radical (unpaired) electrons. The van der Waals surface area contributed by atoms with Crippen LogP contribution in [0.4, 0.5) is 0 Å². The monoisotopic (exact) mass is 594 g/mol. The van der Waals surface area contributed by atoms with Crippen LogP contribution in [-0.4, -0.2) is 15.3 Å². The van der Waals surface area contributed by atoms with Crippen molar-refractivity contribution < 1.29 is 4.79 Å². The predicted molar refractivity (Wildman–Crippen MR) is 186 cm³/mol. The topological polar surface area (TPSA) is 34.9 Å². The van der Waals surface area contributed by atoms with Gasteiger partial charge in [-0.05, 0) is 88.0 Å². The smallest absolute Gasteiger partial charge is 0.194 e. The van der Waals surface area contributed by atoms with Crippen molar-refractivity contribution in [2.24, 2.45) is 0 Å². The van der Waals surface area contributed by atoms with Gasteiger partial charge in [0, 0.05) is 38.6 Å². The van der Waals surface area contributed by atoms with E-state index < -0.39 is 0 Å². The average molecular weight is 595 g/mol. The van der Waals surface area contributed by atoms with Crippen LogP contribution in [0, 0.1) is 0 Å². The fourth-order valence-electron chi connectivity index (χ4n) is 7.76. The maximum atomic E-state index is 13.1. The molecule has 0 amide bonds. The first-order chi connectivity index (χ1) is 22.0. The van der Waals surface area contributed by atoms with Crippen molar-refractivity contribution >= 4 is 49.1 Å². The van der Waals surface area contributed by atoms with Crippen LogP contribution in [-0.2, 0) is 5.41 Å². The quantitative estimate of drug-likeness (QED) is 0.200. The fraction of sp³-hybridized carbons (Fsp3) is 0.0732. The molecule has 3 nitrogen and oxygen atoms in total. The van der Waals surface area contributed by atoms with Gasteiger partial charge in [-0.15, -0.1) is 11.3 Å². The normalized spacial score (nSPS) is 14.2. The Kier molecular flexibility index (Phi) is 4.82. The molecule has 6 aromatic carbocycles. The summed E-state index contributed by atoms with van der Waals surface area (Å²) in [6.45, 7) is 4.68. The van der Waals surface area contributed by atoms with Crippen molar-refractivity contribution in [1.29, 1.82) is 0 Å². The summed E-state index contributed by atoms with van der Waals surface area (Å²) in [4.78, 5) is 18.1. The van der Waals surface area contributed by atoms with Gasteiger partial charge in [-0.3, -0.25) is 4.79 Å². The lowest BCUT2D eigenvalue weighted by molar-refractivity contribution is 0.104. The van der Waals surface area contributed by atoms with Crippen LogP contribution in [0.2, 0.25) is 0 Å². The molecule has 10 rings (SSSR count). The van der Waals surface area contributed by atoms with E-state index in [4.69, 9.17) is 4.98 Å². The molecule has 2 aliphatic rings. The number of benzene rings is 6. The Bertz CT molecular complexity index is 2580. The molecule has 8 aromatic rings. The minimum Gasteiger partial charge on any atom is -0.309 e. The highest BCUT2D eigenvalue weighted by Crippen LogP contribution is 2.51. The number of carbonyl (C=O) groups is 1. The van der Waals surface area contributed by atoms with Gasteiger partial charge in [-0.25, -0.2) is 4.98 Å². The average Bonchev–Trinajstić information content (AvgIpc) is 3.78. The Labute approximate surface area is 264 Å². The van der Waals surface area contributed by atoms with Gasteiger partial charge in [0.25, 0.3) is 0 Å². The highest BCUT2D eigenvalue weighted by atomic mass is 32.1. The Morgan fingerprint density at radius 3 is 2.18 bits per heavy atom. The molecule has 212 valence electrons. The molecule has 0 spiro atoms. The Balaban J connectivity index is 1.10. The van der Waals surface area contributed by atoms with Gasteiger partial charge in [0.2, 0.25) is 0 Å². The van der Waals surface area contributed by atoms with Crippen LogP contribution in [0.25, 0.3) is 70.5 Å². The molecule has 0 bridgehead atoms. The first-order valence-corrected chi connectivity index (χ1v) is 16.2. The number of hydrogen-bond donors (Lipinski definition) is 0. The third-order valence-electron chi connectivity index (χ3n) is 9.98. The van der Waals surface area contributed by atoms with E-state index in [2.05, 4.69) is 109 Å². The summed E-state index contributed by atoms with van der Waals surface area (Å²) < 4.78 is 3.44. The Morgan fingerprint density at radius 1 is 0.600 bits per heavy atom. The molecule has 0 N–H and O–H groups in total. The molecule has 0 saturated heterocycles. The van der Waals surface area contributed by atoms with E-state index in [1.165, 1.54) is 44.1 Å². The lowest BCUT2D eigenvalue weighted by Crippen LogP contribution is -2.14. The number of fused-ring (bicyclic) bond motifs is 10. The standard InChI is InChI=1S/C41H26N2OS/c1-41(2)33-13-7-5-10-26(33)30-19-31-27-11-6-8-14-36(27)43(37(31)22-34(30)41)24-17-15-23(16-18-24)40-42-35-20-29-25-9-3-4-12-28(25)39(44)32(29)21-38(35)45-40/h3-22H,1-2H3. The third kappa shape index (κ3) is 3.29. The van der Waals surface area contributed by atoms with Crippen LogP contribution in [0.5, 0.6) is 0 Å². The fourth-order valence-corrected chi connectivity index (χ4v) is 8.76. The van der Waals surface area contributed by atoms with Crippen LogP contribution >= 0.6 is 11.3 Å². The summed E-state index contributed by atoms with van der Waals surface area (Å²) in [7, 11) is 0. The third-order valence-corrected chi connectivity index (χ3v) is 11.0. The second-order valence-corrected chi connectivity index (χ2v) is 13.8. The summed E-state index contributed by atoms with van der Waals surface area (Å²) >= 11 is 1.64. The van der Waals surface area contributed by atoms with E-state index in [9.17, 15) is 4.79 Å². The molecular weight excluding hydrogens is 569 g/mol. The molecule has 2 aliphatic carbocycles. The molecule has 0 atom stereocenters. The van der Waals surface area contributed by atoms with Gasteiger partial charge in [-0.2, -0.15) is 0 Å². The van der Waals surface area contributed by atoms with Gasteiger partial charge >= 0.3 is 0 Å². The molecule has 0 unspecified atom stereocenters. The summed E-state index contributed by atoms with van der Waals surface area (Å²) in [6.07, 6.45) is 0. The molecular formula is C41H26N2OS. The number of para-hydroxylation sites is 1. The van der Waals surface area contributed by atoms with E-state index in [-0.39, 0.29) is 11.2 Å². The minimum atomic E-state index is -0.0645. The summed E-state index contributed by atoms with van der Waals surface area (Å²) in [5, 5.41) is 3.49. The molecule has 2 aromatic heterocycles. The van der Waals surface area contributed by atoms with Crippen LogP contribution in [0.15, 0.2) is 121 Å². The molecule has 4 heteroatoms. The molecule has 45 heavy (non-hydrogen) atoms. The van der Waals surface area contributed by atoms with E-state index in [0.29, 0.717) is 0 Å². The number of rotatable bonds is 2. The zero-order valence-electron chi connectivity index (χ0n) is 24.8. The van der Waals surface area contributed by atoms with Crippen molar-refractivity contribution in [3.8, 4) is 38.5 Å². The SMILES string of the molecule is CC1(C)c2ccccc2-c2cc3c4ccccc4n(-c4ccc(-c5nc6cc7c(cc6s5)C(=O)c5ccccc5-7)cc4)c3cc21. The van der Waals surface area contributed by atoms with Crippen molar-refractivity contribution in [2.45, 2.75) is 19.3 Å². The van der Waals surface area contributed by atoms with E-state index in [1.54, 1.807) is 11.3 Å². The number of hydrogen-bond acceptors (Lipinski definition) is 3. The van der Waals surface area contributed by atoms with Gasteiger partial charge in [0.15, 0.2) is 5.78 Å². The summed E-state index contributed by atoms with van der Waals surface area (Å²) in [5.41, 5.74) is 14.5. The number of aromatic nitrogens is 2. The van der Waals surface area contributed by atoms with E-state index in [0.717, 1.165) is 48.7 Å².